The van der Waals surface area contributed by atoms with Crippen LogP contribution in [0.1, 0.15) is 52.4 Å². The maximum atomic E-state index is 12.5. The van der Waals surface area contributed by atoms with Crippen molar-refractivity contribution in [2.75, 3.05) is 5.75 Å². The Labute approximate surface area is 118 Å². The Kier molecular flexibility index (Phi) is 4.14. The van der Waals surface area contributed by atoms with Gasteiger partial charge in [-0.2, -0.15) is 0 Å². The number of nitrogens with one attached hydrogen (secondary N) is 1. The van der Waals surface area contributed by atoms with Crippen LogP contribution in [0.15, 0.2) is 0 Å². The molecule has 1 amide bonds. The van der Waals surface area contributed by atoms with Crippen molar-refractivity contribution < 1.29 is 14.7 Å². The zero-order valence-electron chi connectivity index (χ0n) is 11.7. The first-order valence-electron chi connectivity index (χ1n) is 7.11. The van der Waals surface area contributed by atoms with Gasteiger partial charge in [-0.15, -0.1) is 11.8 Å². The van der Waals surface area contributed by atoms with Crippen LogP contribution in [-0.4, -0.2) is 33.0 Å². The summed E-state index contributed by atoms with van der Waals surface area (Å²) in [7, 11) is 0. The number of hydrogen-bond donors (Lipinski definition) is 2. The predicted octanol–water partition coefficient (Wildman–Crippen LogP) is 2.42. The van der Waals surface area contributed by atoms with E-state index in [1.54, 1.807) is 11.8 Å². The molecule has 0 bridgehead atoms. The third-order valence-electron chi connectivity index (χ3n) is 4.72. The van der Waals surface area contributed by atoms with Gasteiger partial charge in [0.05, 0.1) is 4.75 Å². The number of hydrogen-bond acceptors (Lipinski definition) is 3. The molecule has 1 saturated carbocycles. The van der Waals surface area contributed by atoms with Crippen molar-refractivity contribution in [3.8, 4) is 0 Å². The molecule has 0 radical (unpaired) electrons. The molecule has 0 aromatic heterocycles. The molecule has 5 heteroatoms. The van der Waals surface area contributed by atoms with Crippen molar-refractivity contribution >= 4 is 23.6 Å². The minimum absolute atomic E-state index is 0.00213. The lowest BCUT2D eigenvalue weighted by atomic mass is 9.73. The fourth-order valence-electron chi connectivity index (χ4n) is 3.20. The van der Waals surface area contributed by atoms with E-state index >= 15 is 0 Å². The summed E-state index contributed by atoms with van der Waals surface area (Å²) in [5, 5.41) is 12.5. The molecule has 0 aromatic carbocycles. The van der Waals surface area contributed by atoms with E-state index in [1.165, 1.54) is 0 Å². The number of amides is 1. The number of carbonyl (C=O) groups excluding carboxylic acids is 1. The number of rotatable bonds is 3. The van der Waals surface area contributed by atoms with E-state index in [0.29, 0.717) is 6.42 Å². The summed E-state index contributed by atoms with van der Waals surface area (Å²) in [6.07, 6.45) is 5.23. The molecule has 2 fully saturated rings. The van der Waals surface area contributed by atoms with Crippen molar-refractivity contribution in [2.45, 2.75) is 62.7 Å². The van der Waals surface area contributed by atoms with Gasteiger partial charge in [0.15, 0.2) is 0 Å². The highest BCUT2D eigenvalue weighted by atomic mass is 32.2. The maximum Gasteiger partial charge on any atom is 0.329 e. The largest absolute Gasteiger partial charge is 0.479 e. The summed E-state index contributed by atoms with van der Waals surface area (Å²) in [6.45, 7) is 3.88. The standard InChI is InChI=1S/C14H23NO3S/c1-10-6-3-4-8-14(10,12(17)18)15-11(16)13(2)7-5-9-19-13/h10H,3-9H2,1-2H3,(H,15,16)(H,17,18). The molecule has 0 aromatic rings. The van der Waals surface area contributed by atoms with Crippen LogP contribution in [0.5, 0.6) is 0 Å². The van der Waals surface area contributed by atoms with Crippen LogP contribution in [0.25, 0.3) is 0 Å². The Morgan fingerprint density at radius 3 is 2.53 bits per heavy atom. The van der Waals surface area contributed by atoms with Gasteiger partial charge in [0.2, 0.25) is 5.91 Å². The summed E-state index contributed by atoms with van der Waals surface area (Å²) < 4.78 is -0.445. The topological polar surface area (TPSA) is 66.4 Å². The summed E-state index contributed by atoms with van der Waals surface area (Å²) in [6, 6.07) is 0. The summed E-state index contributed by atoms with van der Waals surface area (Å²) in [4.78, 5) is 24.2. The second kappa shape index (κ2) is 5.35. The zero-order valence-corrected chi connectivity index (χ0v) is 12.5. The highest BCUT2D eigenvalue weighted by molar-refractivity contribution is 8.01. The average molecular weight is 285 g/mol. The van der Waals surface area contributed by atoms with Crippen molar-refractivity contribution in [3.63, 3.8) is 0 Å². The van der Waals surface area contributed by atoms with Gasteiger partial charge >= 0.3 is 5.97 Å². The van der Waals surface area contributed by atoms with Gasteiger partial charge in [-0.3, -0.25) is 4.79 Å². The van der Waals surface area contributed by atoms with Crippen LogP contribution in [0, 0.1) is 5.92 Å². The molecule has 1 saturated heterocycles. The Bertz CT molecular complexity index is 379. The Morgan fingerprint density at radius 1 is 1.26 bits per heavy atom. The molecular formula is C14H23NO3S. The lowest BCUT2D eigenvalue weighted by Crippen LogP contribution is -2.62. The SMILES string of the molecule is CC1CCCCC1(NC(=O)C1(C)CCCS1)C(=O)O. The molecule has 1 aliphatic carbocycles. The fourth-order valence-corrected chi connectivity index (χ4v) is 4.41. The first-order valence-corrected chi connectivity index (χ1v) is 8.09. The lowest BCUT2D eigenvalue weighted by molar-refractivity contribution is -0.152. The summed E-state index contributed by atoms with van der Waals surface area (Å²) in [5.74, 6) is 0.0167. The zero-order chi connectivity index (χ0) is 14.1. The Hall–Kier alpha value is -0.710. The van der Waals surface area contributed by atoms with Crippen molar-refractivity contribution in [2.24, 2.45) is 5.92 Å². The maximum absolute atomic E-state index is 12.5. The highest BCUT2D eigenvalue weighted by Gasteiger charge is 2.49. The van der Waals surface area contributed by atoms with Gasteiger partial charge in [-0.05, 0) is 44.3 Å². The number of carbonyl (C=O) groups is 2. The first-order chi connectivity index (χ1) is 8.91. The van der Waals surface area contributed by atoms with E-state index in [0.717, 1.165) is 37.9 Å². The molecule has 4 nitrogen and oxygen atoms in total. The van der Waals surface area contributed by atoms with Crippen LogP contribution in [0.3, 0.4) is 0 Å². The molecular weight excluding hydrogens is 262 g/mol. The van der Waals surface area contributed by atoms with Gasteiger partial charge in [0, 0.05) is 0 Å². The molecule has 2 N–H and O–H groups in total. The van der Waals surface area contributed by atoms with Gasteiger partial charge in [0.25, 0.3) is 0 Å². The molecule has 0 spiro atoms. The van der Waals surface area contributed by atoms with Crippen LogP contribution in [0.4, 0.5) is 0 Å². The Morgan fingerprint density at radius 2 is 2.00 bits per heavy atom. The van der Waals surface area contributed by atoms with E-state index in [1.807, 2.05) is 13.8 Å². The van der Waals surface area contributed by atoms with E-state index < -0.39 is 16.3 Å². The van der Waals surface area contributed by atoms with E-state index in [2.05, 4.69) is 5.32 Å². The fraction of sp³-hybridized carbons (Fsp3) is 0.857. The number of carboxylic acids is 1. The minimum atomic E-state index is -1.05. The van der Waals surface area contributed by atoms with Crippen LogP contribution >= 0.6 is 11.8 Å². The number of aliphatic carboxylic acids is 1. The molecule has 1 aliphatic heterocycles. The van der Waals surface area contributed by atoms with Crippen molar-refractivity contribution in [1.82, 2.24) is 5.32 Å². The minimum Gasteiger partial charge on any atom is -0.479 e. The third-order valence-corrected chi connectivity index (χ3v) is 6.24. The molecule has 1 heterocycles. The average Bonchev–Trinajstić information content (AvgIpc) is 2.80. The monoisotopic (exact) mass is 285 g/mol. The van der Waals surface area contributed by atoms with Gasteiger partial charge in [-0.1, -0.05) is 19.8 Å². The second-order valence-corrected chi connectivity index (χ2v) is 7.66. The van der Waals surface area contributed by atoms with Gasteiger partial charge in [0.1, 0.15) is 5.54 Å². The van der Waals surface area contributed by atoms with E-state index in [9.17, 15) is 14.7 Å². The summed E-state index contributed by atoms with van der Waals surface area (Å²) >= 11 is 1.65. The van der Waals surface area contributed by atoms with Crippen LogP contribution < -0.4 is 5.32 Å². The summed E-state index contributed by atoms with van der Waals surface area (Å²) in [5.41, 5.74) is -1.05. The third kappa shape index (κ3) is 2.62. The molecule has 108 valence electrons. The van der Waals surface area contributed by atoms with Crippen molar-refractivity contribution in [1.29, 1.82) is 0 Å². The normalized spacial score (nSPS) is 38.9. The highest BCUT2D eigenvalue weighted by Crippen LogP contribution is 2.40. The van der Waals surface area contributed by atoms with E-state index in [4.69, 9.17) is 0 Å². The second-order valence-electron chi connectivity index (χ2n) is 6.06. The quantitative estimate of drug-likeness (QED) is 0.835. The number of carboxylic acid groups (broad SMARTS) is 1. The Balaban J connectivity index is 2.17. The van der Waals surface area contributed by atoms with Gasteiger partial charge in [-0.25, -0.2) is 4.79 Å². The molecule has 3 unspecified atom stereocenters. The van der Waals surface area contributed by atoms with Gasteiger partial charge < -0.3 is 10.4 Å². The molecule has 19 heavy (non-hydrogen) atoms. The molecule has 2 rings (SSSR count). The first kappa shape index (κ1) is 14.7. The van der Waals surface area contributed by atoms with Crippen LogP contribution in [-0.2, 0) is 9.59 Å². The molecule has 2 aliphatic rings. The lowest BCUT2D eigenvalue weighted by Gasteiger charge is -2.41. The predicted molar refractivity (Wildman–Crippen MR) is 76.2 cm³/mol. The molecule has 3 atom stereocenters. The number of thioether (sulfide) groups is 1. The smallest absolute Gasteiger partial charge is 0.329 e. The van der Waals surface area contributed by atoms with Crippen molar-refractivity contribution in [3.05, 3.63) is 0 Å². The van der Waals surface area contributed by atoms with E-state index in [-0.39, 0.29) is 11.8 Å². The van der Waals surface area contributed by atoms with Crippen LogP contribution in [0.2, 0.25) is 0 Å².